The molecule has 1 saturated carbocycles. The third kappa shape index (κ3) is 5.74. The fourth-order valence-electron chi connectivity index (χ4n) is 2.56. The summed E-state index contributed by atoms with van der Waals surface area (Å²) in [6.45, 7) is 4.09. The zero-order chi connectivity index (χ0) is 13.8. The maximum absolute atomic E-state index is 12.2. The summed E-state index contributed by atoms with van der Waals surface area (Å²) in [5.41, 5.74) is 6.90. The highest BCUT2D eigenvalue weighted by Crippen LogP contribution is 2.24. The maximum atomic E-state index is 12.2. The maximum Gasteiger partial charge on any atom is 0.223 e. The molecule has 1 heterocycles. The van der Waals surface area contributed by atoms with Gasteiger partial charge in [-0.25, -0.2) is 4.98 Å². The third-order valence-electron chi connectivity index (χ3n) is 3.76. The van der Waals surface area contributed by atoms with Crippen LogP contribution >= 0.6 is 36.2 Å². The molecular formula is C14H25Cl2N3OS. The number of rotatable bonds is 4. The van der Waals surface area contributed by atoms with Gasteiger partial charge in [0.15, 0.2) is 0 Å². The summed E-state index contributed by atoms with van der Waals surface area (Å²) < 4.78 is 0. The summed E-state index contributed by atoms with van der Waals surface area (Å²) in [7, 11) is 0. The normalized spacial score (nSPS) is 22.6. The van der Waals surface area contributed by atoms with Crippen molar-refractivity contribution in [1.82, 2.24) is 10.3 Å². The van der Waals surface area contributed by atoms with Gasteiger partial charge in [-0.15, -0.1) is 36.2 Å². The van der Waals surface area contributed by atoms with Crippen LogP contribution in [0.2, 0.25) is 0 Å². The fraction of sp³-hybridized carbons (Fsp3) is 0.714. The van der Waals surface area contributed by atoms with Gasteiger partial charge < -0.3 is 11.1 Å². The van der Waals surface area contributed by atoms with Crippen molar-refractivity contribution in [3.63, 3.8) is 0 Å². The van der Waals surface area contributed by atoms with E-state index in [9.17, 15) is 4.79 Å². The minimum atomic E-state index is -0.0119. The molecule has 21 heavy (non-hydrogen) atoms. The molecule has 122 valence electrons. The van der Waals surface area contributed by atoms with E-state index < -0.39 is 0 Å². The van der Waals surface area contributed by atoms with E-state index in [4.69, 9.17) is 5.73 Å². The molecule has 0 saturated heterocycles. The van der Waals surface area contributed by atoms with Crippen molar-refractivity contribution in [3.8, 4) is 0 Å². The average molecular weight is 354 g/mol. The number of nitrogens with zero attached hydrogens (tertiary/aromatic N) is 1. The van der Waals surface area contributed by atoms with E-state index in [1.807, 2.05) is 12.3 Å². The first-order valence-corrected chi connectivity index (χ1v) is 7.98. The molecule has 3 N–H and O–H groups in total. The summed E-state index contributed by atoms with van der Waals surface area (Å²) in [4.78, 5) is 16.7. The quantitative estimate of drug-likeness (QED) is 0.872. The second kappa shape index (κ2) is 9.62. The molecule has 0 radical (unpaired) electrons. The lowest BCUT2D eigenvalue weighted by Gasteiger charge is -2.26. The standard InChI is InChI=1S/C14H23N3OS.2ClH/c1-3-13-17-12(8-19-13)9(2)16-14(18)10-5-4-6-11(15)7-10;;/h8-11H,3-7,15H2,1-2H3,(H,16,18);2*1H. The molecule has 1 amide bonds. The van der Waals surface area contributed by atoms with Gasteiger partial charge in [0, 0.05) is 17.3 Å². The number of thiazole rings is 1. The largest absolute Gasteiger partial charge is 0.348 e. The summed E-state index contributed by atoms with van der Waals surface area (Å²) in [5, 5.41) is 6.23. The lowest BCUT2D eigenvalue weighted by molar-refractivity contribution is -0.126. The van der Waals surface area contributed by atoms with Crippen LogP contribution in [0.25, 0.3) is 0 Å². The Bertz CT molecular complexity index is 442. The predicted molar refractivity (Wildman–Crippen MR) is 92.5 cm³/mol. The molecule has 1 aromatic rings. The van der Waals surface area contributed by atoms with Crippen LogP contribution in [0.1, 0.15) is 56.3 Å². The molecule has 7 heteroatoms. The Hall–Kier alpha value is -0.360. The van der Waals surface area contributed by atoms with Crippen LogP contribution in [0.3, 0.4) is 0 Å². The first kappa shape index (κ1) is 20.6. The lowest BCUT2D eigenvalue weighted by atomic mass is 9.85. The molecule has 2 rings (SSSR count). The number of nitrogens with two attached hydrogens (primary N) is 1. The van der Waals surface area contributed by atoms with E-state index in [2.05, 4.69) is 17.2 Å². The number of carbonyl (C=O) groups excluding carboxylic acids is 1. The minimum Gasteiger partial charge on any atom is -0.348 e. The Labute approximate surface area is 143 Å². The summed E-state index contributed by atoms with van der Waals surface area (Å²) >= 11 is 1.66. The molecule has 4 nitrogen and oxygen atoms in total. The molecular weight excluding hydrogens is 329 g/mol. The van der Waals surface area contributed by atoms with Crippen molar-refractivity contribution in [1.29, 1.82) is 0 Å². The van der Waals surface area contributed by atoms with Crippen molar-refractivity contribution < 1.29 is 4.79 Å². The van der Waals surface area contributed by atoms with Crippen molar-refractivity contribution in [2.24, 2.45) is 11.7 Å². The second-order valence-corrected chi connectivity index (χ2v) is 6.32. The van der Waals surface area contributed by atoms with E-state index >= 15 is 0 Å². The van der Waals surface area contributed by atoms with Gasteiger partial charge in [-0.3, -0.25) is 4.79 Å². The van der Waals surface area contributed by atoms with E-state index in [1.54, 1.807) is 11.3 Å². The molecule has 1 aliphatic rings. The smallest absolute Gasteiger partial charge is 0.223 e. The van der Waals surface area contributed by atoms with Crippen molar-refractivity contribution in [2.45, 2.75) is 58.0 Å². The molecule has 3 unspecified atom stereocenters. The molecule has 0 aliphatic heterocycles. The van der Waals surface area contributed by atoms with Gasteiger partial charge in [-0.1, -0.05) is 13.3 Å². The number of amides is 1. The van der Waals surface area contributed by atoms with Crippen LogP contribution in [-0.4, -0.2) is 16.9 Å². The molecule has 0 aromatic carbocycles. The van der Waals surface area contributed by atoms with Crippen LogP contribution in [0.4, 0.5) is 0 Å². The van der Waals surface area contributed by atoms with Gasteiger partial charge in [-0.2, -0.15) is 0 Å². The Balaban J connectivity index is 0.00000200. The lowest BCUT2D eigenvalue weighted by Crippen LogP contribution is -2.38. The highest BCUT2D eigenvalue weighted by atomic mass is 35.5. The molecule has 0 spiro atoms. The average Bonchev–Trinajstić information content (AvgIpc) is 2.87. The van der Waals surface area contributed by atoms with Gasteiger partial charge >= 0.3 is 0 Å². The van der Waals surface area contributed by atoms with Gasteiger partial charge in [-0.05, 0) is 32.6 Å². The van der Waals surface area contributed by atoms with Crippen molar-refractivity contribution >= 4 is 42.1 Å². The molecule has 0 bridgehead atoms. The summed E-state index contributed by atoms with van der Waals surface area (Å²) in [6.07, 6.45) is 4.83. The first-order valence-electron chi connectivity index (χ1n) is 7.10. The summed E-state index contributed by atoms with van der Waals surface area (Å²) in [6, 6.07) is 0.174. The van der Waals surface area contributed by atoms with E-state index in [-0.39, 0.29) is 48.7 Å². The predicted octanol–water partition coefficient (Wildman–Crippen LogP) is 3.24. The SMILES string of the molecule is CCc1nc(C(C)NC(=O)C2CCCC(N)C2)cs1.Cl.Cl. The zero-order valence-electron chi connectivity index (χ0n) is 12.5. The van der Waals surface area contributed by atoms with Gasteiger partial charge in [0.1, 0.15) is 0 Å². The minimum absolute atomic E-state index is 0. The van der Waals surface area contributed by atoms with E-state index in [1.165, 1.54) is 0 Å². The highest BCUT2D eigenvalue weighted by molar-refractivity contribution is 7.09. The number of nitrogens with one attached hydrogen (secondary N) is 1. The number of halogens is 2. The topological polar surface area (TPSA) is 68.0 Å². The molecule has 1 aromatic heterocycles. The van der Waals surface area contributed by atoms with Crippen molar-refractivity contribution in [2.75, 3.05) is 0 Å². The van der Waals surface area contributed by atoms with Crippen LogP contribution in [-0.2, 0) is 11.2 Å². The number of hydrogen-bond donors (Lipinski definition) is 2. The van der Waals surface area contributed by atoms with E-state index in [0.717, 1.165) is 42.8 Å². The Morgan fingerprint density at radius 2 is 2.24 bits per heavy atom. The number of carbonyl (C=O) groups is 1. The first-order chi connectivity index (χ1) is 9.10. The zero-order valence-corrected chi connectivity index (χ0v) is 15.0. The van der Waals surface area contributed by atoms with Crippen LogP contribution in [0.5, 0.6) is 0 Å². The van der Waals surface area contributed by atoms with Crippen molar-refractivity contribution in [3.05, 3.63) is 16.1 Å². The van der Waals surface area contributed by atoms with Gasteiger partial charge in [0.05, 0.1) is 16.7 Å². The second-order valence-electron chi connectivity index (χ2n) is 5.37. The van der Waals surface area contributed by atoms with Gasteiger partial charge in [0.25, 0.3) is 0 Å². The molecule has 1 aliphatic carbocycles. The van der Waals surface area contributed by atoms with Crippen LogP contribution in [0, 0.1) is 5.92 Å². The monoisotopic (exact) mass is 353 g/mol. The fourth-order valence-corrected chi connectivity index (χ4v) is 3.40. The summed E-state index contributed by atoms with van der Waals surface area (Å²) in [5.74, 6) is 0.212. The van der Waals surface area contributed by atoms with E-state index in [0.29, 0.717) is 0 Å². The number of aromatic nitrogens is 1. The number of hydrogen-bond acceptors (Lipinski definition) is 4. The third-order valence-corrected chi connectivity index (χ3v) is 4.77. The Morgan fingerprint density at radius 3 is 2.81 bits per heavy atom. The Kier molecular flexibility index (Phi) is 9.45. The molecule has 3 atom stereocenters. The number of aryl methyl sites for hydroxylation is 1. The molecule has 1 fully saturated rings. The van der Waals surface area contributed by atoms with Gasteiger partial charge in [0.2, 0.25) is 5.91 Å². The van der Waals surface area contributed by atoms with Crippen LogP contribution in [0.15, 0.2) is 5.38 Å². The Morgan fingerprint density at radius 1 is 1.52 bits per heavy atom. The highest BCUT2D eigenvalue weighted by Gasteiger charge is 2.26. The van der Waals surface area contributed by atoms with Crippen LogP contribution < -0.4 is 11.1 Å².